The van der Waals surface area contributed by atoms with E-state index in [4.69, 9.17) is 0 Å². The van der Waals surface area contributed by atoms with Crippen LogP contribution in [0.25, 0.3) is 0 Å². The number of rotatable bonds is 0. The van der Waals surface area contributed by atoms with E-state index < -0.39 is 0 Å². The van der Waals surface area contributed by atoms with Crippen LogP contribution in [0.3, 0.4) is 0 Å². The average Bonchev–Trinajstić information content (AvgIpc) is 1.80. The molecule has 0 aromatic rings. The minimum Gasteiger partial charge on any atom is -0.331 e. The smallest absolute Gasteiger partial charge is 0.238 e. The Morgan fingerprint density at radius 2 is 2.44 bits per heavy atom. The third kappa shape index (κ3) is 1.79. The molecule has 1 N–H and O–H groups in total. The van der Waals surface area contributed by atoms with Gasteiger partial charge in [0.15, 0.2) is 0 Å². The molecule has 0 saturated heterocycles. The van der Waals surface area contributed by atoms with Crippen molar-refractivity contribution in [2.24, 2.45) is 0 Å². The van der Waals surface area contributed by atoms with Gasteiger partial charge in [-0.15, -0.1) is 0 Å². The maximum Gasteiger partial charge on any atom is 0.238 e. The number of hydrogen-bond acceptors (Lipinski definition) is 1. The highest BCUT2D eigenvalue weighted by Crippen LogP contribution is 2.20. The van der Waals surface area contributed by atoms with Gasteiger partial charge in [-0.05, 0) is 0 Å². The highest BCUT2D eigenvalue weighted by Gasteiger charge is 2.18. The molecule has 0 bridgehead atoms. The number of allylic oxidation sites excluding steroid dienone is 1. The first kappa shape index (κ1) is 7.28. The molecule has 0 spiro atoms. The van der Waals surface area contributed by atoms with E-state index >= 15 is 0 Å². The van der Waals surface area contributed by atoms with E-state index in [-0.39, 0.29) is 10.7 Å². The van der Waals surface area contributed by atoms with Crippen molar-refractivity contribution in [2.75, 3.05) is 0 Å². The highest BCUT2D eigenvalue weighted by molar-refractivity contribution is 9.12. The molecule has 0 radical (unpaired) electrons. The van der Waals surface area contributed by atoms with Gasteiger partial charge < -0.3 is 5.32 Å². The third-order valence-corrected chi connectivity index (χ3v) is 2.32. The van der Waals surface area contributed by atoms with Crippen LogP contribution in [0.15, 0.2) is 10.7 Å². The van der Waals surface area contributed by atoms with Crippen LogP contribution in [0.5, 0.6) is 0 Å². The summed E-state index contributed by atoms with van der Waals surface area (Å²) in [6, 6.07) is 0. The summed E-state index contributed by atoms with van der Waals surface area (Å²) in [6.45, 7) is 0. The first-order valence-corrected chi connectivity index (χ1v) is 4.20. The highest BCUT2D eigenvalue weighted by atomic mass is 79.9. The molecule has 9 heavy (non-hydrogen) atoms. The van der Waals surface area contributed by atoms with Gasteiger partial charge in [0, 0.05) is 17.1 Å². The van der Waals surface area contributed by atoms with E-state index in [2.05, 4.69) is 37.2 Å². The second-order valence-corrected chi connectivity index (χ2v) is 3.90. The van der Waals surface area contributed by atoms with Crippen molar-refractivity contribution in [3.63, 3.8) is 0 Å². The monoisotopic (exact) mass is 253 g/mol. The molecule has 0 aromatic carbocycles. The summed E-state index contributed by atoms with van der Waals surface area (Å²) in [7, 11) is 0. The average molecular weight is 255 g/mol. The summed E-state index contributed by atoms with van der Waals surface area (Å²) in [6.07, 6.45) is 2.41. The van der Waals surface area contributed by atoms with Crippen LogP contribution in [0.4, 0.5) is 0 Å². The summed E-state index contributed by atoms with van der Waals surface area (Å²) in [4.78, 5) is 10.6. The largest absolute Gasteiger partial charge is 0.331 e. The number of halogens is 2. The van der Waals surface area contributed by atoms with E-state index in [1.54, 1.807) is 6.20 Å². The van der Waals surface area contributed by atoms with Gasteiger partial charge in [0.05, 0.1) is 4.83 Å². The fraction of sp³-hybridized carbons (Fsp3) is 0.400. The summed E-state index contributed by atoms with van der Waals surface area (Å²) >= 11 is 6.48. The predicted molar refractivity (Wildman–Crippen MR) is 42.5 cm³/mol. The Bertz CT molecular complexity index is 166. The minimum atomic E-state index is -0.0723. The lowest BCUT2D eigenvalue weighted by Crippen LogP contribution is -2.30. The number of hydrogen-bond donors (Lipinski definition) is 1. The van der Waals surface area contributed by atoms with E-state index in [9.17, 15) is 4.79 Å². The van der Waals surface area contributed by atoms with E-state index in [1.807, 2.05) is 0 Å². The van der Waals surface area contributed by atoms with Gasteiger partial charge >= 0.3 is 0 Å². The van der Waals surface area contributed by atoms with Gasteiger partial charge in [0.25, 0.3) is 0 Å². The maximum atomic E-state index is 10.7. The van der Waals surface area contributed by atoms with Crippen molar-refractivity contribution >= 4 is 37.8 Å². The van der Waals surface area contributed by atoms with E-state index in [0.29, 0.717) is 0 Å². The van der Waals surface area contributed by atoms with Gasteiger partial charge in [-0.25, -0.2) is 0 Å². The minimum absolute atomic E-state index is 0.0261. The molecular weight excluding hydrogens is 250 g/mol. The fourth-order valence-corrected chi connectivity index (χ4v) is 1.92. The molecular formula is C5H5Br2NO. The summed E-state index contributed by atoms with van der Waals surface area (Å²) in [5, 5.41) is 2.59. The van der Waals surface area contributed by atoms with Crippen molar-refractivity contribution in [3.8, 4) is 0 Å². The third-order valence-electron chi connectivity index (χ3n) is 1.03. The maximum absolute atomic E-state index is 10.7. The first-order valence-electron chi connectivity index (χ1n) is 2.49. The molecule has 1 unspecified atom stereocenters. The van der Waals surface area contributed by atoms with Crippen molar-refractivity contribution in [1.29, 1.82) is 0 Å². The van der Waals surface area contributed by atoms with Crippen molar-refractivity contribution in [2.45, 2.75) is 11.2 Å². The zero-order chi connectivity index (χ0) is 6.85. The second-order valence-electron chi connectivity index (χ2n) is 1.77. The number of amides is 1. The van der Waals surface area contributed by atoms with Crippen LogP contribution >= 0.6 is 31.9 Å². The lowest BCUT2D eigenvalue weighted by molar-refractivity contribution is -0.119. The van der Waals surface area contributed by atoms with Gasteiger partial charge in [0.2, 0.25) is 5.91 Å². The van der Waals surface area contributed by atoms with E-state index in [0.717, 1.165) is 10.9 Å². The molecule has 1 amide bonds. The van der Waals surface area contributed by atoms with Crippen LogP contribution < -0.4 is 5.32 Å². The number of carbonyl (C=O) groups is 1. The van der Waals surface area contributed by atoms with Crippen molar-refractivity contribution < 1.29 is 4.79 Å². The standard InChI is InChI=1S/C5H5Br2NO/c6-3-1-4(7)5(9)8-2-3/h2,4H,1H2,(H,8,9). The topological polar surface area (TPSA) is 29.1 Å². The van der Waals surface area contributed by atoms with Crippen molar-refractivity contribution in [1.82, 2.24) is 5.32 Å². The van der Waals surface area contributed by atoms with E-state index in [1.165, 1.54) is 0 Å². The molecule has 0 aromatic heterocycles. The Balaban J connectivity index is 2.65. The zero-order valence-corrected chi connectivity index (χ0v) is 7.70. The molecule has 1 rings (SSSR count). The van der Waals surface area contributed by atoms with Crippen LogP contribution in [-0.4, -0.2) is 10.7 Å². The van der Waals surface area contributed by atoms with Crippen LogP contribution in [0.1, 0.15) is 6.42 Å². The lowest BCUT2D eigenvalue weighted by atomic mass is 10.2. The number of carbonyl (C=O) groups excluding carboxylic acids is 1. The summed E-state index contributed by atoms with van der Waals surface area (Å²) in [5.41, 5.74) is 0. The lowest BCUT2D eigenvalue weighted by Gasteiger charge is -2.13. The molecule has 1 heterocycles. The Morgan fingerprint density at radius 1 is 1.78 bits per heavy atom. The molecule has 1 aliphatic rings. The molecule has 50 valence electrons. The Kier molecular flexibility index (Phi) is 2.29. The summed E-state index contributed by atoms with van der Waals surface area (Å²) < 4.78 is 1.02. The molecule has 0 saturated carbocycles. The predicted octanol–water partition coefficient (Wildman–Crippen LogP) is 1.51. The Labute approximate surface area is 70.0 Å². The SMILES string of the molecule is O=C1NC=C(Br)CC1Br. The second kappa shape index (κ2) is 2.84. The Hall–Kier alpha value is 0.170. The van der Waals surface area contributed by atoms with Crippen LogP contribution in [-0.2, 0) is 4.79 Å². The van der Waals surface area contributed by atoms with Crippen LogP contribution in [0, 0.1) is 0 Å². The first-order chi connectivity index (χ1) is 4.20. The van der Waals surface area contributed by atoms with Crippen LogP contribution in [0.2, 0.25) is 0 Å². The quantitative estimate of drug-likeness (QED) is 0.653. The van der Waals surface area contributed by atoms with Gasteiger partial charge in [-0.1, -0.05) is 31.9 Å². The molecule has 0 fully saturated rings. The number of nitrogens with one attached hydrogen (secondary N) is 1. The Morgan fingerprint density at radius 3 is 2.89 bits per heavy atom. The molecule has 1 atom stereocenters. The molecule has 0 aliphatic carbocycles. The van der Waals surface area contributed by atoms with Gasteiger partial charge in [0.1, 0.15) is 0 Å². The molecule has 4 heteroatoms. The molecule has 2 nitrogen and oxygen atoms in total. The number of alkyl halides is 1. The zero-order valence-electron chi connectivity index (χ0n) is 4.53. The van der Waals surface area contributed by atoms with Gasteiger partial charge in [-0.3, -0.25) is 4.79 Å². The van der Waals surface area contributed by atoms with Gasteiger partial charge in [-0.2, -0.15) is 0 Å². The van der Waals surface area contributed by atoms with Crippen molar-refractivity contribution in [3.05, 3.63) is 10.7 Å². The summed E-state index contributed by atoms with van der Waals surface area (Å²) in [5.74, 6) is 0.0261. The normalized spacial score (nSPS) is 27.1. The molecule has 1 aliphatic heterocycles. The fourth-order valence-electron chi connectivity index (χ4n) is 0.563.